The van der Waals surface area contributed by atoms with Crippen LogP contribution < -0.4 is 5.46 Å². The number of rotatable bonds is 5. The summed E-state index contributed by atoms with van der Waals surface area (Å²) >= 11 is 1.73. The maximum atomic E-state index is 13.2. The van der Waals surface area contributed by atoms with E-state index < -0.39 is 12.9 Å². The fourth-order valence-corrected chi connectivity index (χ4v) is 2.14. The minimum Gasteiger partial charge on any atom is -0.423 e. The average Bonchev–Trinajstić information content (AvgIpc) is 2.25. The van der Waals surface area contributed by atoms with Gasteiger partial charge >= 0.3 is 7.12 Å². The molecule has 1 atom stereocenters. The first kappa shape index (κ1) is 13.5. The van der Waals surface area contributed by atoms with Crippen LogP contribution in [0, 0.1) is 5.82 Å². The molecule has 0 spiro atoms. The largest absolute Gasteiger partial charge is 0.488 e. The summed E-state index contributed by atoms with van der Waals surface area (Å²) < 4.78 is 13.2. The number of hydrogen-bond acceptors (Lipinski definition) is 3. The molecule has 0 bridgehead atoms. The predicted molar refractivity (Wildman–Crippen MR) is 67.3 cm³/mol. The number of benzene rings is 1. The lowest BCUT2D eigenvalue weighted by Gasteiger charge is -2.09. The molecule has 0 aromatic heterocycles. The van der Waals surface area contributed by atoms with E-state index in [1.165, 1.54) is 6.07 Å². The maximum Gasteiger partial charge on any atom is 0.488 e. The third-order valence-corrected chi connectivity index (χ3v) is 3.79. The molecule has 88 valence electrons. The lowest BCUT2D eigenvalue weighted by Crippen LogP contribution is -2.30. The summed E-state index contributed by atoms with van der Waals surface area (Å²) in [5.74, 6) is 0.261. The van der Waals surface area contributed by atoms with Gasteiger partial charge in [0, 0.05) is 11.0 Å². The summed E-state index contributed by atoms with van der Waals surface area (Å²) in [7, 11) is -1.61. The van der Waals surface area contributed by atoms with Gasteiger partial charge < -0.3 is 10.0 Å². The van der Waals surface area contributed by atoms with Gasteiger partial charge in [-0.1, -0.05) is 19.9 Å². The van der Waals surface area contributed by atoms with Crippen molar-refractivity contribution in [2.45, 2.75) is 31.3 Å². The molecule has 0 fully saturated rings. The van der Waals surface area contributed by atoms with E-state index in [1.54, 1.807) is 17.8 Å². The highest BCUT2D eigenvalue weighted by Crippen LogP contribution is 2.19. The van der Waals surface area contributed by atoms with Crippen molar-refractivity contribution in [3.63, 3.8) is 0 Å². The van der Waals surface area contributed by atoms with Gasteiger partial charge in [0.25, 0.3) is 0 Å². The molecule has 1 rings (SSSR count). The quantitative estimate of drug-likeness (QED) is 0.769. The normalized spacial score (nSPS) is 12.6. The monoisotopic (exact) mass is 242 g/mol. The number of hydrogen-bond donors (Lipinski definition) is 2. The maximum absolute atomic E-state index is 13.2. The van der Waals surface area contributed by atoms with E-state index in [4.69, 9.17) is 10.0 Å². The molecule has 0 heterocycles. The van der Waals surface area contributed by atoms with Crippen LogP contribution in [0.25, 0.3) is 0 Å². The molecule has 2 N–H and O–H groups in total. The summed E-state index contributed by atoms with van der Waals surface area (Å²) in [5.41, 5.74) is 0.994. The molecule has 0 saturated heterocycles. The average molecular weight is 242 g/mol. The Balaban J connectivity index is 2.72. The third kappa shape index (κ3) is 4.16. The summed E-state index contributed by atoms with van der Waals surface area (Å²) in [4.78, 5) is 0. The molecule has 1 unspecified atom stereocenters. The highest BCUT2D eigenvalue weighted by molar-refractivity contribution is 7.99. The molecule has 2 nitrogen and oxygen atoms in total. The Morgan fingerprint density at radius 2 is 2.06 bits per heavy atom. The van der Waals surface area contributed by atoms with Gasteiger partial charge in [0.05, 0.1) is 0 Å². The Bertz CT molecular complexity index is 347. The van der Waals surface area contributed by atoms with Crippen LogP contribution in [0.5, 0.6) is 0 Å². The zero-order valence-corrected chi connectivity index (χ0v) is 10.3. The number of halogens is 1. The van der Waals surface area contributed by atoms with E-state index in [1.807, 2.05) is 0 Å². The lowest BCUT2D eigenvalue weighted by atomic mass is 9.79. The zero-order chi connectivity index (χ0) is 12.1. The molecule has 1 aromatic rings. The fraction of sp³-hybridized carbons (Fsp3) is 0.455. The summed E-state index contributed by atoms with van der Waals surface area (Å²) in [5, 5.41) is 18.5. The molecule has 0 aliphatic rings. The highest BCUT2D eigenvalue weighted by atomic mass is 32.2. The molecule has 0 amide bonds. The van der Waals surface area contributed by atoms with Gasteiger partial charge in [-0.05, 0) is 29.6 Å². The van der Waals surface area contributed by atoms with Crippen molar-refractivity contribution in [2.75, 3.05) is 0 Å². The summed E-state index contributed by atoms with van der Waals surface area (Å²) in [6.45, 7) is 4.22. The smallest absolute Gasteiger partial charge is 0.423 e. The Kier molecular flexibility index (Phi) is 5.32. The molecule has 0 aliphatic heterocycles. The van der Waals surface area contributed by atoms with Crippen molar-refractivity contribution >= 4 is 24.3 Å². The van der Waals surface area contributed by atoms with Crippen molar-refractivity contribution < 1.29 is 14.4 Å². The van der Waals surface area contributed by atoms with E-state index >= 15 is 0 Å². The Hall–Kier alpha value is -0.515. The Morgan fingerprint density at radius 1 is 1.38 bits per heavy atom. The summed E-state index contributed by atoms with van der Waals surface area (Å²) in [6, 6.07) is 4.20. The molecule has 1 aromatic carbocycles. The van der Waals surface area contributed by atoms with E-state index in [2.05, 4.69) is 13.8 Å². The minimum atomic E-state index is -1.61. The molecule has 16 heavy (non-hydrogen) atoms. The van der Waals surface area contributed by atoms with Crippen LogP contribution in [0.1, 0.15) is 25.8 Å². The van der Waals surface area contributed by atoms with Gasteiger partial charge in [-0.25, -0.2) is 4.39 Å². The minimum absolute atomic E-state index is 0.208. The van der Waals surface area contributed by atoms with Crippen LogP contribution in [-0.2, 0) is 5.75 Å². The van der Waals surface area contributed by atoms with E-state index in [0.29, 0.717) is 11.0 Å². The van der Waals surface area contributed by atoms with Crippen molar-refractivity contribution in [1.29, 1.82) is 0 Å². The molecule has 0 aliphatic carbocycles. The van der Waals surface area contributed by atoms with Crippen LogP contribution in [0.2, 0.25) is 0 Å². The van der Waals surface area contributed by atoms with Crippen molar-refractivity contribution in [3.8, 4) is 0 Å². The van der Waals surface area contributed by atoms with Crippen molar-refractivity contribution in [2.24, 2.45) is 0 Å². The van der Waals surface area contributed by atoms with Crippen LogP contribution in [0.3, 0.4) is 0 Å². The van der Waals surface area contributed by atoms with Gasteiger partial charge in [-0.2, -0.15) is 11.8 Å². The van der Waals surface area contributed by atoms with Gasteiger partial charge in [0.15, 0.2) is 0 Å². The second-order valence-electron chi connectivity index (χ2n) is 3.80. The van der Waals surface area contributed by atoms with Gasteiger partial charge in [-0.15, -0.1) is 0 Å². The molecule has 0 saturated carbocycles. The van der Waals surface area contributed by atoms with E-state index in [-0.39, 0.29) is 5.46 Å². The standard InChI is InChI=1S/C11H16BFO2S/c1-3-8(2)16-7-9-4-10(12(14)15)6-11(13)5-9/h4-6,8,14-15H,3,7H2,1-2H3. The second kappa shape index (κ2) is 6.28. The zero-order valence-electron chi connectivity index (χ0n) is 9.48. The van der Waals surface area contributed by atoms with Gasteiger partial charge in [0.2, 0.25) is 0 Å². The topological polar surface area (TPSA) is 40.5 Å². The first-order valence-corrected chi connectivity index (χ1v) is 6.35. The molecular weight excluding hydrogens is 226 g/mol. The van der Waals surface area contributed by atoms with Crippen LogP contribution in [-0.4, -0.2) is 22.4 Å². The highest BCUT2D eigenvalue weighted by Gasteiger charge is 2.13. The van der Waals surface area contributed by atoms with Gasteiger partial charge in [0.1, 0.15) is 5.82 Å². The Morgan fingerprint density at radius 3 is 2.62 bits per heavy atom. The fourth-order valence-electron chi connectivity index (χ4n) is 1.26. The lowest BCUT2D eigenvalue weighted by molar-refractivity contribution is 0.425. The Labute approximate surface area is 100 Å². The van der Waals surface area contributed by atoms with Crippen LogP contribution in [0.15, 0.2) is 18.2 Å². The number of thioether (sulfide) groups is 1. The van der Waals surface area contributed by atoms with Crippen LogP contribution in [0.4, 0.5) is 4.39 Å². The summed E-state index contributed by atoms with van der Waals surface area (Å²) in [6.07, 6.45) is 1.06. The second-order valence-corrected chi connectivity index (χ2v) is 5.22. The van der Waals surface area contributed by atoms with Gasteiger partial charge in [-0.3, -0.25) is 0 Å². The first-order chi connectivity index (χ1) is 7.52. The van der Waals surface area contributed by atoms with Crippen molar-refractivity contribution in [1.82, 2.24) is 0 Å². The third-order valence-electron chi connectivity index (χ3n) is 2.39. The predicted octanol–water partition coefficient (Wildman–Crippen LogP) is 1.54. The van der Waals surface area contributed by atoms with Crippen molar-refractivity contribution in [3.05, 3.63) is 29.6 Å². The van der Waals surface area contributed by atoms with E-state index in [0.717, 1.165) is 18.1 Å². The van der Waals surface area contributed by atoms with E-state index in [9.17, 15) is 4.39 Å². The molecule has 0 radical (unpaired) electrons. The molecule has 5 heteroatoms. The molecular formula is C11H16BFO2S. The van der Waals surface area contributed by atoms with Crippen LogP contribution >= 0.6 is 11.8 Å². The SMILES string of the molecule is CCC(C)SCc1cc(F)cc(B(O)O)c1. The first-order valence-electron chi connectivity index (χ1n) is 5.30.